The second-order valence-corrected chi connectivity index (χ2v) is 8.33. The van der Waals surface area contributed by atoms with Crippen molar-refractivity contribution in [2.75, 3.05) is 0 Å². The summed E-state index contributed by atoms with van der Waals surface area (Å²) < 4.78 is 0. The first kappa shape index (κ1) is 20.4. The SMILES string of the molecule is O=C(NNC(=O)C1CC2CCCCC2N1C(=O)c1ccccc1)c1ccc(Cl)cc1. The third-order valence-corrected chi connectivity index (χ3v) is 6.30. The van der Waals surface area contributed by atoms with Crippen LogP contribution in [-0.4, -0.2) is 34.7 Å². The van der Waals surface area contributed by atoms with E-state index in [4.69, 9.17) is 11.6 Å². The molecule has 2 aliphatic rings. The van der Waals surface area contributed by atoms with Crippen LogP contribution in [0.2, 0.25) is 5.02 Å². The number of amides is 3. The maximum atomic E-state index is 13.3. The van der Waals surface area contributed by atoms with Crippen LogP contribution < -0.4 is 10.9 Å². The van der Waals surface area contributed by atoms with Gasteiger partial charge in [0.2, 0.25) is 0 Å². The second kappa shape index (κ2) is 8.88. The number of hydrazine groups is 1. The van der Waals surface area contributed by atoms with Crippen LogP contribution in [0.3, 0.4) is 0 Å². The highest BCUT2D eigenvalue weighted by Gasteiger charge is 2.47. The van der Waals surface area contributed by atoms with E-state index in [1.165, 1.54) is 0 Å². The van der Waals surface area contributed by atoms with Crippen molar-refractivity contribution < 1.29 is 14.4 Å². The molecule has 1 saturated heterocycles. The van der Waals surface area contributed by atoms with Gasteiger partial charge < -0.3 is 4.90 Å². The molecule has 3 atom stereocenters. The highest BCUT2D eigenvalue weighted by atomic mass is 35.5. The average molecular weight is 426 g/mol. The van der Waals surface area contributed by atoms with E-state index in [9.17, 15) is 14.4 Å². The number of hydrogen-bond donors (Lipinski definition) is 2. The third kappa shape index (κ3) is 4.19. The van der Waals surface area contributed by atoms with Gasteiger partial charge in [0.15, 0.2) is 0 Å². The molecule has 7 heteroatoms. The Morgan fingerprint density at radius 3 is 2.30 bits per heavy atom. The predicted molar refractivity (Wildman–Crippen MR) is 114 cm³/mol. The summed E-state index contributed by atoms with van der Waals surface area (Å²) in [5.74, 6) is -0.615. The molecule has 0 radical (unpaired) electrons. The van der Waals surface area contributed by atoms with Gasteiger partial charge in [0.05, 0.1) is 0 Å². The lowest BCUT2D eigenvalue weighted by Crippen LogP contribution is -2.53. The molecule has 1 heterocycles. The fourth-order valence-electron chi connectivity index (χ4n) is 4.59. The van der Waals surface area contributed by atoms with Crippen molar-refractivity contribution in [2.45, 2.75) is 44.2 Å². The Hall–Kier alpha value is -2.86. The average Bonchev–Trinajstić information content (AvgIpc) is 3.17. The van der Waals surface area contributed by atoms with Crippen molar-refractivity contribution in [2.24, 2.45) is 5.92 Å². The minimum absolute atomic E-state index is 0.0640. The molecular formula is C23H24ClN3O3. The molecule has 1 aliphatic carbocycles. The summed E-state index contributed by atoms with van der Waals surface area (Å²) >= 11 is 5.85. The first-order valence-electron chi connectivity index (χ1n) is 10.3. The Bertz CT molecular complexity index is 932. The molecule has 1 saturated carbocycles. The van der Waals surface area contributed by atoms with E-state index >= 15 is 0 Å². The number of halogens is 1. The molecule has 0 bridgehead atoms. The fraction of sp³-hybridized carbons (Fsp3) is 0.348. The normalized spacial score (nSPS) is 22.8. The largest absolute Gasteiger partial charge is 0.323 e. The minimum Gasteiger partial charge on any atom is -0.323 e. The zero-order valence-electron chi connectivity index (χ0n) is 16.5. The van der Waals surface area contributed by atoms with Crippen LogP contribution in [0.4, 0.5) is 0 Å². The summed E-state index contributed by atoms with van der Waals surface area (Å²) in [6, 6.07) is 14.9. The number of carbonyl (C=O) groups is 3. The Morgan fingerprint density at radius 2 is 1.57 bits per heavy atom. The van der Waals surface area contributed by atoms with E-state index in [0.717, 1.165) is 25.7 Å². The molecule has 0 spiro atoms. The smallest absolute Gasteiger partial charge is 0.269 e. The van der Waals surface area contributed by atoms with Gasteiger partial charge in [-0.2, -0.15) is 0 Å². The number of nitrogens with one attached hydrogen (secondary N) is 2. The van der Waals surface area contributed by atoms with Crippen LogP contribution in [0.1, 0.15) is 52.8 Å². The summed E-state index contributed by atoms with van der Waals surface area (Å²) in [7, 11) is 0. The van der Waals surface area contributed by atoms with Gasteiger partial charge in [-0.25, -0.2) is 0 Å². The van der Waals surface area contributed by atoms with Gasteiger partial charge in [0, 0.05) is 22.2 Å². The maximum Gasteiger partial charge on any atom is 0.269 e. The first-order chi connectivity index (χ1) is 14.5. The molecule has 4 rings (SSSR count). The van der Waals surface area contributed by atoms with Crippen LogP contribution >= 0.6 is 11.6 Å². The third-order valence-electron chi connectivity index (χ3n) is 6.05. The molecule has 156 valence electrons. The van der Waals surface area contributed by atoms with E-state index in [0.29, 0.717) is 28.5 Å². The second-order valence-electron chi connectivity index (χ2n) is 7.89. The van der Waals surface area contributed by atoms with Crippen molar-refractivity contribution >= 4 is 29.3 Å². The number of likely N-dealkylation sites (tertiary alicyclic amines) is 1. The topological polar surface area (TPSA) is 78.5 Å². The van der Waals surface area contributed by atoms with Gasteiger partial charge in [-0.3, -0.25) is 25.2 Å². The predicted octanol–water partition coefficient (Wildman–Crippen LogP) is 3.57. The molecule has 6 nitrogen and oxygen atoms in total. The zero-order chi connectivity index (χ0) is 21.1. The van der Waals surface area contributed by atoms with Crippen LogP contribution in [0.5, 0.6) is 0 Å². The van der Waals surface area contributed by atoms with E-state index in [2.05, 4.69) is 10.9 Å². The Kier molecular flexibility index (Phi) is 6.04. The number of rotatable bonds is 3. The Labute approximate surface area is 180 Å². The van der Waals surface area contributed by atoms with Gasteiger partial charge in [-0.05, 0) is 61.6 Å². The van der Waals surface area contributed by atoms with Crippen LogP contribution in [-0.2, 0) is 4.79 Å². The minimum atomic E-state index is -0.601. The quantitative estimate of drug-likeness (QED) is 0.738. The zero-order valence-corrected chi connectivity index (χ0v) is 17.3. The lowest BCUT2D eigenvalue weighted by Gasteiger charge is -2.33. The van der Waals surface area contributed by atoms with Gasteiger partial charge in [0.1, 0.15) is 6.04 Å². The van der Waals surface area contributed by atoms with Crippen molar-refractivity contribution in [3.63, 3.8) is 0 Å². The van der Waals surface area contributed by atoms with Crippen molar-refractivity contribution in [1.29, 1.82) is 0 Å². The Morgan fingerprint density at radius 1 is 0.867 bits per heavy atom. The van der Waals surface area contributed by atoms with Gasteiger partial charge >= 0.3 is 0 Å². The number of fused-ring (bicyclic) bond motifs is 1. The summed E-state index contributed by atoms with van der Waals surface area (Å²) in [6.07, 6.45) is 4.72. The standard InChI is InChI=1S/C23H24ClN3O3/c24-18-12-10-15(11-13-18)21(28)25-26-22(29)20-14-17-8-4-5-9-19(17)27(20)23(30)16-6-2-1-3-7-16/h1-3,6-7,10-13,17,19-20H,4-5,8-9,14H2,(H,25,28)(H,26,29). The number of nitrogens with zero attached hydrogens (tertiary/aromatic N) is 1. The molecular weight excluding hydrogens is 402 g/mol. The highest BCUT2D eigenvalue weighted by Crippen LogP contribution is 2.40. The van der Waals surface area contributed by atoms with Gasteiger partial charge in [0.25, 0.3) is 17.7 Å². The Balaban J connectivity index is 1.48. The molecule has 2 N–H and O–H groups in total. The van der Waals surface area contributed by atoms with Gasteiger partial charge in [-0.1, -0.05) is 42.6 Å². The molecule has 30 heavy (non-hydrogen) atoms. The molecule has 1 aliphatic heterocycles. The first-order valence-corrected chi connectivity index (χ1v) is 10.7. The van der Waals surface area contributed by atoms with E-state index < -0.39 is 11.9 Å². The molecule has 2 aromatic rings. The van der Waals surface area contributed by atoms with Crippen LogP contribution in [0, 0.1) is 5.92 Å². The maximum absolute atomic E-state index is 13.3. The number of carbonyl (C=O) groups excluding carboxylic acids is 3. The number of benzene rings is 2. The molecule has 2 aromatic carbocycles. The van der Waals surface area contributed by atoms with Crippen molar-refractivity contribution in [3.8, 4) is 0 Å². The van der Waals surface area contributed by atoms with Crippen molar-refractivity contribution in [1.82, 2.24) is 15.8 Å². The highest BCUT2D eigenvalue weighted by molar-refractivity contribution is 6.30. The van der Waals surface area contributed by atoms with Gasteiger partial charge in [-0.15, -0.1) is 0 Å². The lowest BCUT2D eigenvalue weighted by atomic mass is 9.84. The molecule has 0 aromatic heterocycles. The summed E-state index contributed by atoms with van der Waals surface area (Å²) in [6.45, 7) is 0. The molecule has 3 amide bonds. The lowest BCUT2D eigenvalue weighted by molar-refractivity contribution is -0.126. The van der Waals surface area contributed by atoms with E-state index in [1.54, 1.807) is 41.3 Å². The van der Waals surface area contributed by atoms with E-state index in [-0.39, 0.29) is 17.9 Å². The summed E-state index contributed by atoms with van der Waals surface area (Å²) in [5, 5.41) is 0.527. The van der Waals surface area contributed by atoms with Crippen LogP contribution in [0.25, 0.3) is 0 Å². The summed E-state index contributed by atoms with van der Waals surface area (Å²) in [4.78, 5) is 40.3. The monoisotopic (exact) mass is 425 g/mol. The van der Waals surface area contributed by atoms with Crippen molar-refractivity contribution in [3.05, 3.63) is 70.7 Å². The fourth-order valence-corrected chi connectivity index (χ4v) is 4.72. The molecule has 3 unspecified atom stereocenters. The van der Waals surface area contributed by atoms with E-state index in [1.807, 2.05) is 18.2 Å². The molecule has 2 fully saturated rings. The van der Waals surface area contributed by atoms with Crippen LogP contribution in [0.15, 0.2) is 54.6 Å². The number of hydrogen-bond acceptors (Lipinski definition) is 3. The summed E-state index contributed by atoms with van der Waals surface area (Å²) in [5.41, 5.74) is 5.94.